The van der Waals surface area contributed by atoms with Gasteiger partial charge in [0.1, 0.15) is 0 Å². The number of piperidine rings is 1. The Morgan fingerprint density at radius 1 is 1.12 bits per heavy atom. The van der Waals surface area contributed by atoms with Crippen molar-refractivity contribution in [2.24, 2.45) is 11.3 Å². The smallest absolute Gasteiger partial charge is 0.314 e. The molecule has 1 aromatic rings. The molecule has 2 rings (SSSR count). The quantitative estimate of drug-likeness (QED) is 0.627. The van der Waals surface area contributed by atoms with Crippen molar-refractivity contribution in [2.45, 2.75) is 40.5 Å². The first-order valence-corrected chi connectivity index (χ1v) is 8.55. The number of amides is 1. The predicted molar refractivity (Wildman–Crippen MR) is 92.0 cm³/mol. The van der Waals surface area contributed by atoms with Crippen LogP contribution in [0.1, 0.15) is 40.5 Å². The molecule has 1 fully saturated rings. The summed E-state index contributed by atoms with van der Waals surface area (Å²) in [7, 11) is 0. The van der Waals surface area contributed by atoms with Crippen molar-refractivity contribution in [3.05, 3.63) is 24.3 Å². The van der Waals surface area contributed by atoms with E-state index in [-0.39, 0.29) is 23.2 Å². The molecule has 1 heterocycles. The molecular formula is C19H27NO4. The van der Waals surface area contributed by atoms with Gasteiger partial charge in [-0.25, -0.2) is 0 Å². The number of nitrogens with zero attached hydrogens (tertiary/aromatic N) is 1. The van der Waals surface area contributed by atoms with Crippen LogP contribution in [0.5, 0.6) is 11.5 Å². The second-order valence-corrected chi connectivity index (χ2v) is 7.12. The van der Waals surface area contributed by atoms with Crippen molar-refractivity contribution >= 4 is 11.9 Å². The Kier molecular flexibility index (Phi) is 5.86. The largest absolute Gasteiger partial charge is 0.490 e. The van der Waals surface area contributed by atoms with Gasteiger partial charge in [0.05, 0.1) is 12.5 Å². The third-order valence-corrected chi connectivity index (χ3v) is 4.12. The van der Waals surface area contributed by atoms with E-state index in [2.05, 4.69) is 0 Å². The van der Waals surface area contributed by atoms with Crippen LogP contribution in [0.2, 0.25) is 0 Å². The van der Waals surface area contributed by atoms with Gasteiger partial charge in [0.25, 0.3) is 0 Å². The molecule has 1 saturated heterocycles. The number of carbonyl (C=O) groups is 2. The summed E-state index contributed by atoms with van der Waals surface area (Å²) in [6.07, 6.45) is 1.27. The highest BCUT2D eigenvalue weighted by Gasteiger charge is 2.33. The Labute approximate surface area is 143 Å². The molecule has 0 spiro atoms. The number of ether oxygens (including phenoxy) is 2. The van der Waals surface area contributed by atoms with Gasteiger partial charge >= 0.3 is 5.97 Å². The van der Waals surface area contributed by atoms with Crippen molar-refractivity contribution < 1.29 is 19.1 Å². The maximum atomic E-state index is 12.4. The number of para-hydroxylation sites is 2. The van der Waals surface area contributed by atoms with Crippen LogP contribution in [0.25, 0.3) is 0 Å². The molecule has 132 valence electrons. The fourth-order valence-corrected chi connectivity index (χ4v) is 2.79. The van der Waals surface area contributed by atoms with E-state index in [4.69, 9.17) is 9.47 Å². The van der Waals surface area contributed by atoms with Gasteiger partial charge in [-0.1, -0.05) is 32.9 Å². The first-order chi connectivity index (χ1) is 11.3. The van der Waals surface area contributed by atoms with E-state index in [1.54, 1.807) is 12.1 Å². The molecule has 0 aromatic heterocycles. The van der Waals surface area contributed by atoms with Crippen LogP contribution < -0.4 is 9.47 Å². The van der Waals surface area contributed by atoms with Crippen molar-refractivity contribution in [2.75, 3.05) is 19.7 Å². The molecule has 5 nitrogen and oxygen atoms in total. The van der Waals surface area contributed by atoms with Gasteiger partial charge in [0.2, 0.25) is 5.91 Å². The molecule has 1 amide bonds. The van der Waals surface area contributed by atoms with Crippen LogP contribution >= 0.6 is 0 Å². The highest BCUT2D eigenvalue weighted by molar-refractivity contribution is 5.82. The zero-order valence-corrected chi connectivity index (χ0v) is 15.0. The van der Waals surface area contributed by atoms with E-state index >= 15 is 0 Å². The molecule has 1 aromatic carbocycles. The minimum absolute atomic E-state index is 0.135. The number of likely N-dealkylation sites (tertiary alicyclic amines) is 1. The minimum atomic E-state index is -0.385. The fraction of sp³-hybridized carbons (Fsp3) is 0.579. The Morgan fingerprint density at radius 2 is 1.71 bits per heavy atom. The Hall–Kier alpha value is -2.04. The second kappa shape index (κ2) is 7.69. The second-order valence-electron chi connectivity index (χ2n) is 7.12. The summed E-state index contributed by atoms with van der Waals surface area (Å²) in [6.45, 7) is 9.36. The van der Waals surface area contributed by atoms with Crippen molar-refractivity contribution in [1.82, 2.24) is 4.90 Å². The molecule has 0 atom stereocenters. The Morgan fingerprint density at radius 3 is 2.25 bits per heavy atom. The topological polar surface area (TPSA) is 55.8 Å². The van der Waals surface area contributed by atoms with Gasteiger partial charge in [-0.05, 0) is 31.9 Å². The summed E-state index contributed by atoms with van der Waals surface area (Å²) in [4.78, 5) is 26.6. The molecule has 1 aliphatic heterocycles. The van der Waals surface area contributed by atoms with Crippen LogP contribution in [-0.2, 0) is 9.59 Å². The molecule has 0 N–H and O–H groups in total. The van der Waals surface area contributed by atoms with Crippen LogP contribution in [0.15, 0.2) is 24.3 Å². The summed E-state index contributed by atoms with van der Waals surface area (Å²) in [5.41, 5.74) is -0.385. The summed E-state index contributed by atoms with van der Waals surface area (Å²) in [5.74, 6) is 0.746. The molecular weight excluding hydrogens is 306 g/mol. The number of carbonyl (C=O) groups excluding carboxylic acids is 2. The maximum Gasteiger partial charge on any atom is 0.314 e. The first-order valence-electron chi connectivity index (χ1n) is 8.55. The number of benzene rings is 1. The van der Waals surface area contributed by atoms with Gasteiger partial charge in [0.15, 0.2) is 11.5 Å². The number of esters is 1. The molecule has 0 bridgehead atoms. The lowest BCUT2D eigenvalue weighted by atomic mass is 9.91. The van der Waals surface area contributed by atoms with Gasteiger partial charge in [-0.3, -0.25) is 9.59 Å². The normalized spacial score (nSPS) is 15.9. The molecule has 0 radical (unpaired) electrons. The van der Waals surface area contributed by atoms with E-state index in [0.29, 0.717) is 44.0 Å². The van der Waals surface area contributed by atoms with Gasteiger partial charge in [-0.2, -0.15) is 0 Å². The minimum Gasteiger partial charge on any atom is -0.490 e. The zero-order valence-electron chi connectivity index (χ0n) is 15.0. The summed E-state index contributed by atoms with van der Waals surface area (Å²) < 4.78 is 11.0. The van der Waals surface area contributed by atoms with Crippen LogP contribution in [0, 0.1) is 11.3 Å². The molecule has 24 heavy (non-hydrogen) atoms. The SMILES string of the molecule is CCOc1ccccc1OC(=O)C1CCN(C(=O)C(C)(C)C)CC1. The fourth-order valence-electron chi connectivity index (χ4n) is 2.79. The standard InChI is InChI=1S/C19H27NO4/c1-5-23-15-8-6-7-9-16(15)24-17(21)14-10-12-20(13-11-14)18(22)19(2,3)4/h6-9,14H,5,10-13H2,1-4H3. The highest BCUT2D eigenvalue weighted by atomic mass is 16.6. The first kappa shape index (κ1) is 18.3. The van der Waals surface area contributed by atoms with Gasteiger partial charge in [0, 0.05) is 18.5 Å². The lowest BCUT2D eigenvalue weighted by Gasteiger charge is -2.34. The van der Waals surface area contributed by atoms with Crippen molar-refractivity contribution in [3.63, 3.8) is 0 Å². The van der Waals surface area contributed by atoms with Crippen LogP contribution in [0.4, 0.5) is 0 Å². The monoisotopic (exact) mass is 333 g/mol. The van der Waals surface area contributed by atoms with E-state index in [0.717, 1.165) is 0 Å². The Balaban J connectivity index is 1.93. The summed E-state index contributed by atoms with van der Waals surface area (Å²) in [5, 5.41) is 0. The van der Waals surface area contributed by atoms with Crippen LogP contribution in [-0.4, -0.2) is 36.5 Å². The highest BCUT2D eigenvalue weighted by Crippen LogP contribution is 2.29. The van der Waals surface area contributed by atoms with E-state index < -0.39 is 0 Å². The van der Waals surface area contributed by atoms with Crippen LogP contribution in [0.3, 0.4) is 0 Å². The summed E-state index contributed by atoms with van der Waals surface area (Å²) >= 11 is 0. The molecule has 0 unspecified atom stereocenters. The van der Waals surface area contributed by atoms with Crippen molar-refractivity contribution in [1.29, 1.82) is 0 Å². The maximum absolute atomic E-state index is 12.4. The average molecular weight is 333 g/mol. The molecule has 1 aliphatic rings. The number of hydrogen-bond donors (Lipinski definition) is 0. The predicted octanol–water partition coefficient (Wildman–Crippen LogP) is 3.28. The average Bonchev–Trinajstić information content (AvgIpc) is 2.55. The lowest BCUT2D eigenvalue weighted by molar-refractivity contribution is -0.146. The zero-order chi connectivity index (χ0) is 17.7. The molecule has 5 heteroatoms. The van der Waals surface area contributed by atoms with Gasteiger partial charge in [-0.15, -0.1) is 0 Å². The lowest BCUT2D eigenvalue weighted by Crippen LogP contribution is -2.45. The third kappa shape index (κ3) is 4.49. The van der Waals surface area contributed by atoms with E-state index in [1.807, 2.05) is 44.7 Å². The van der Waals surface area contributed by atoms with Gasteiger partial charge < -0.3 is 14.4 Å². The van der Waals surface area contributed by atoms with E-state index in [9.17, 15) is 9.59 Å². The third-order valence-electron chi connectivity index (χ3n) is 4.12. The number of rotatable bonds is 4. The van der Waals surface area contributed by atoms with E-state index in [1.165, 1.54) is 0 Å². The van der Waals surface area contributed by atoms with Crippen molar-refractivity contribution in [3.8, 4) is 11.5 Å². The summed E-state index contributed by atoms with van der Waals surface area (Å²) in [6, 6.07) is 7.19. The number of hydrogen-bond acceptors (Lipinski definition) is 4. The molecule has 0 saturated carbocycles. The Bertz CT molecular complexity index is 583. The molecule has 0 aliphatic carbocycles.